The summed E-state index contributed by atoms with van der Waals surface area (Å²) in [6.07, 6.45) is 1.66. The van der Waals surface area contributed by atoms with Gasteiger partial charge < -0.3 is 9.52 Å². The van der Waals surface area contributed by atoms with Gasteiger partial charge in [0.2, 0.25) is 5.89 Å². The molecule has 1 N–H and O–H groups in total. The molecule has 0 aliphatic rings. The van der Waals surface area contributed by atoms with Gasteiger partial charge in [0.05, 0.1) is 5.69 Å². The average Bonchev–Trinajstić information content (AvgIpc) is 3.07. The Labute approximate surface area is 145 Å². The zero-order chi connectivity index (χ0) is 17.2. The topological polar surface area (TPSA) is 58.6 Å². The Morgan fingerprint density at radius 3 is 2.76 bits per heavy atom. The van der Waals surface area contributed by atoms with Crippen LogP contribution in [0.2, 0.25) is 0 Å². The number of phenolic OH excluding ortho intramolecular Hbond substituents is 1. The third-order valence-corrected chi connectivity index (χ3v) is 3.92. The fraction of sp³-hybridized carbons (Fsp3) is 0.0476. The molecule has 3 aromatic carbocycles. The summed E-state index contributed by atoms with van der Waals surface area (Å²) in [5, 5.41) is 9.91. The van der Waals surface area contributed by atoms with Crippen LogP contribution in [0.5, 0.6) is 5.75 Å². The number of aliphatic imine (C=N–C) groups is 1. The Hall–Kier alpha value is -3.40. The zero-order valence-electron chi connectivity index (χ0n) is 13.7. The molecule has 0 spiro atoms. The third-order valence-electron chi connectivity index (χ3n) is 3.92. The van der Waals surface area contributed by atoms with Crippen LogP contribution in [0.15, 0.2) is 76.1 Å². The van der Waals surface area contributed by atoms with Crippen molar-refractivity contribution < 1.29 is 9.52 Å². The van der Waals surface area contributed by atoms with E-state index in [0.717, 1.165) is 27.9 Å². The zero-order valence-corrected chi connectivity index (χ0v) is 13.7. The monoisotopic (exact) mass is 328 g/mol. The first-order valence-corrected chi connectivity index (χ1v) is 7.99. The Morgan fingerprint density at radius 1 is 1.00 bits per heavy atom. The highest BCUT2D eigenvalue weighted by molar-refractivity contribution is 5.86. The molecule has 4 heteroatoms. The number of rotatable bonds is 3. The molecule has 0 radical (unpaired) electrons. The number of aryl methyl sites for hydroxylation is 1. The second-order valence-corrected chi connectivity index (χ2v) is 5.86. The van der Waals surface area contributed by atoms with Crippen molar-refractivity contribution in [3.05, 3.63) is 77.9 Å². The SMILES string of the molecule is Cc1ccc(O)c(C=Nc2cccc(-c3nc4ccccc4o3)c2)c1. The van der Waals surface area contributed by atoms with Crippen molar-refractivity contribution in [1.29, 1.82) is 0 Å². The molecule has 25 heavy (non-hydrogen) atoms. The van der Waals surface area contributed by atoms with Gasteiger partial charge in [0.15, 0.2) is 5.58 Å². The molecular weight excluding hydrogens is 312 g/mol. The molecule has 0 bridgehead atoms. The van der Waals surface area contributed by atoms with Gasteiger partial charge >= 0.3 is 0 Å². The molecule has 1 heterocycles. The minimum Gasteiger partial charge on any atom is -0.507 e. The molecule has 0 aliphatic carbocycles. The fourth-order valence-electron chi connectivity index (χ4n) is 2.64. The van der Waals surface area contributed by atoms with E-state index in [1.54, 1.807) is 12.3 Å². The number of phenols is 1. The number of aromatic hydroxyl groups is 1. The van der Waals surface area contributed by atoms with Gasteiger partial charge in [-0.2, -0.15) is 0 Å². The molecular formula is C21H16N2O2. The maximum absolute atomic E-state index is 9.91. The lowest BCUT2D eigenvalue weighted by Crippen LogP contribution is -1.84. The van der Waals surface area contributed by atoms with Crippen LogP contribution < -0.4 is 0 Å². The summed E-state index contributed by atoms with van der Waals surface area (Å²) in [6, 6.07) is 20.8. The number of hydrogen-bond acceptors (Lipinski definition) is 4. The van der Waals surface area contributed by atoms with Gasteiger partial charge in [-0.1, -0.05) is 29.8 Å². The van der Waals surface area contributed by atoms with E-state index < -0.39 is 0 Å². The van der Waals surface area contributed by atoms with Crippen molar-refractivity contribution in [2.45, 2.75) is 6.92 Å². The Morgan fingerprint density at radius 2 is 1.88 bits per heavy atom. The van der Waals surface area contributed by atoms with Gasteiger partial charge in [-0.05, 0) is 49.4 Å². The van der Waals surface area contributed by atoms with Crippen molar-refractivity contribution in [2.24, 2.45) is 4.99 Å². The number of oxazole rings is 1. The highest BCUT2D eigenvalue weighted by Crippen LogP contribution is 2.27. The van der Waals surface area contributed by atoms with Crippen LogP contribution in [-0.2, 0) is 0 Å². The van der Waals surface area contributed by atoms with Crippen LogP contribution in [0.25, 0.3) is 22.6 Å². The maximum atomic E-state index is 9.91. The van der Waals surface area contributed by atoms with E-state index in [0.29, 0.717) is 11.5 Å². The summed E-state index contributed by atoms with van der Waals surface area (Å²) >= 11 is 0. The molecule has 0 aliphatic heterocycles. The Kier molecular flexibility index (Phi) is 3.78. The summed E-state index contributed by atoms with van der Waals surface area (Å²) in [5.41, 5.74) is 4.97. The van der Waals surface area contributed by atoms with Crippen LogP contribution in [0.4, 0.5) is 5.69 Å². The lowest BCUT2D eigenvalue weighted by atomic mass is 10.1. The van der Waals surface area contributed by atoms with Crippen LogP contribution in [-0.4, -0.2) is 16.3 Å². The van der Waals surface area contributed by atoms with Crippen molar-refractivity contribution >= 4 is 23.0 Å². The molecule has 0 saturated carbocycles. The Bertz CT molecular complexity index is 1050. The fourth-order valence-corrected chi connectivity index (χ4v) is 2.64. The third kappa shape index (κ3) is 3.15. The lowest BCUT2D eigenvalue weighted by molar-refractivity contribution is 0.474. The largest absolute Gasteiger partial charge is 0.507 e. The molecule has 122 valence electrons. The van der Waals surface area contributed by atoms with E-state index in [-0.39, 0.29) is 5.75 Å². The molecule has 0 saturated heterocycles. The van der Waals surface area contributed by atoms with E-state index >= 15 is 0 Å². The summed E-state index contributed by atoms with van der Waals surface area (Å²) < 4.78 is 5.80. The first-order chi connectivity index (χ1) is 12.2. The van der Waals surface area contributed by atoms with E-state index in [1.807, 2.05) is 67.6 Å². The molecule has 4 aromatic rings. The van der Waals surface area contributed by atoms with Crippen molar-refractivity contribution in [3.63, 3.8) is 0 Å². The summed E-state index contributed by atoms with van der Waals surface area (Å²) in [4.78, 5) is 8.97. The van der Waals surface area contributed by atoms with Crippen LogP contribution in [0.1, 0.15) is 11.1 Å². The van der Waals surface area contributed by atoms with Crippen molar-refractivity contribution in [2.75, 3.05) is 0 Å². The van der Waals surface area contributed by atoms with Crippen LogP contribution in [0.3, 0.4) is 0 Å². The van der Waals surface area contributed by atoms with Crippen molar-refractivity contribution in [1.82, 2.24) is 4.98 Å². The van der Waals surface area contributed by atoms with Crippen LogP contribution >= 0.6 is 0 Å². The number of benzene rings is 3. The number of fused-ring (bicyclic) bond motifs is 1. The lowest BCUT2D eigenvalue weighted by Gasteiger charge is -2.01. The molecule has 0 fully saturated rings. The van der Waals surface area contributed by atoms with Gasteiger partial charge in [0, 0.05) is 17.3 Å². The molecule has 4 rings (SSSR count). The molecule has 0 atom stereocenters. The Balaban J connectivity index is 1.67. The van der Waals surface area contributed by atoms with E-state index in [2.05, 4.69) is 9.98 Å². The van der Waals surface area contributed by atoms with E-state index in [9.17, 15) is 5.11 Å². The van der Waals surface area contributed by atoms with E-state index in [1.165, 1.54) is 0 Å². The first-order valence-electron chi connectivity index (χ1n) is 7.99. The van der Waals surface area contributed by atoms with Gasteiger partial charge in [0.25, 0.3) is 0 Å². The van der Waals surface area contributed by atoms with Gasteiger partial charge in [-0.25, -0.2) is 4.98 Å². The molecule has 4 nitrogen and oxygen atoms in total. The van der Waals surface area contributed by atoms with E-state index in [4.69, 9.17) is 4.42 Å². The standard InChI is InChI=1S/C21H16N2O2/c1-14-9-10-19(24)16(11-14)13-22-17-6-4-5-15(12-17)21-23-18-7-2-3-8-20(18)25-21/h2-13,24H,1H3. The van der Waals surface area contributed by atoms with Gasteiger partial charge in [-0.15, -0.1) is 0 Å². The second-order valence-electron chi connectivity index (χ2n) is 5.86. The smallest absolute Gasteiger partial charge is 0.227 e. The minimum absolute atomic E-state index is 0.212. The first kappa shape index (κ1) is 15.1. The molecule has 0 unspecified atom stereocenters. The number of hydrogen-bond donors (Lipinski definition) is 1. The highest BCUT2D eigenvalue weighted by atomic mass is 16.3. The number of para-hydroxylation sites is 2. The quantitative estimate of drug-likeness (QED) is 0.522. The number of aromatic nitrogens is 1. The summed E-state index contributed by atoms with van der Waals surface area (Å²) in [7, 11) is 0. The predicted molar refractivity (Wildman–Crippen MR) is 99.5 cm³/mol. The van der Waals surface area contributed by atoms with Gasteiger partial charge in [0.1, 0.15) is 11.3 Å². The highest BCUT2D eigenvalue weighted by Gasteiger charge is 2.08. The summed E-state index contributed by atoms with van der Waals surface area (Å²) in [6.45, 7) is 1.98. The van der Waals surface area contributed by atoms with Crippen LogP contribution in [0, 0.1) is 6.92 Å². The average molecular weight is 328 g/mol. The second kappa shape index (κ2) is 6.24. The molecule has 1 aromatic heterocycles. The predicted octanol–water partition coefficient (Wildman–Crippen LogP) is 5.26. The molecule has 0 amide bonds. The normalized spacial score (nSPS) is 11.4. The summed E-state index contributed by atoms with van der Waals surface area (Å²) in [5.74, 6) is 0.779. The number of nitrogens with zero attached hydrogens (tertiary/aromatic N) is 2. The van der Waals surface area contributed by atoms with Crippen molar-refractivity contribution in [3.8, 4) is 17.2 Å². The minimum atomic E-state index is 0.212. The maximum Gasteiger partial charge on any atom is 0.227 e. The van der Waals surface area contributed by atoms with Gasteiger partial charge in [-0.3, -0.25) is 4.99 Å².